The number of anilines is 2. The molecule has 4 N–H and O–H groups in total. The number of benzene rings is 2. The molecule has 34 heavy (non-hydrogen) atoms. The first-order chi connectivity index (χ1) is 16.0. The molecule has 8 nitrogen and oxygen atoms in total. The summed E-state index contributed by atoms with van der Waals surface area (Å²) < 4.78 is 94.1. The number of fused-ring (bicyclic) bond motifs is 1. The number of hydrogen-bond acceptors (Lipinski definition) is 4. The Bertz CT molecular complexity index is 1500. The number of aromatic amines is 2. The molecule has 2 heterocycles. The molecule has 0 unspecified atom stereocenters. The second-order valence-corrected chi connectivity index (χ2v) is 8.60. The fourth-order valence-electron chi connectivity index (χ4n) is 2.95. The summed E-state index contributed by atoms with van der Waals surface area (Å²) in [6.45, 7) is 0. The molecule has 176 valence electrons. The minimum absolute atomic E-state index is 0.0436. The fourth-order valence-corrected chi connectivity index (χ4v) is 4.01. The number of halogens is 5. The van der Waals surface area contributed by atoms with Gasteiger partial charge in [0.1, 0.15) is 17.7 Å². The number of carbonyl (C=O) groups is 1. The van der Waals surface area contributed by atoms with Gasteiger partial charge in [0.2, 0.25) is 0 Å². The van der Waals surface area contributed by atoms with Gasteiger partial charge in [0.25, 0.3) is 21.6 Å². The minimum atomic E-state index is -4.68. The molecule has 0 aliphatic heterocycles. The summed E-state index contributed by atoms with van der Waals surface area (Å²) >= 11 is 0. The second kappa shape index (κ2) is 8.37. The van der Waals surface area contributed by atoms with Crippen molar-refractivity contribution in [2.75, 3.05) is 10.0 Å². The summed E-state index contributed by atoms with van der Waals surface area (Å²) in [5.74, 6) is -3.55. The van der Waals surface area contributed by atoms with Crippen LogP contribution in [0.3, 0.4) is 0 Å². The number of sulfonamides is 1. The first kappa shape index (κ1) is 23.1. The van der Waals surface area contributed by atoms with Crippen LogP contribution in [0.15, 0.2) is 59.9 Å². The maximum Gasteiger partial charge on any atom is 0.416 e. The van der Waals surface area contributed by atoms with Gasteiger partial charge in [-0.3, -0.25) is 14.5 Å². The lowest BCUT2D eigenvalue weighted by atomic mass is 10.2. The highest BCUT2D eigenvalue weighted by Gasteiger charge is 2.31. The molecule has 4 rings (SSSR count). The van der Waals surface area contributed by atoms with E-state index >= 15 is 0 Å². The zero-order valence-corrected chi connectivity index (χ0v) is 17.5. The summed E-state index contributed by atoms with van der Waals surface area (Å²) in [5.41, 5.74) is -1.90. The summed E-state index contributed by atoms with van der Waals surface area (Å²) in [7, 11) is -4.54. The number of amides is 1. The van der Waals surface area contributed by atoms with Crippen LogP contribution in [-0.2, 0) is 16.2 Å². The van der Waals surface area contributed by atoms with Gasteiger partial charge in [0.05, 0.1) is 21.7 Å². The molecule has 4 aromatic rings. The minimum Gasteiger partial charge on any atom is -0.317 e. The fraction of sp³-hybridized carbons (Fsp3) is 0.0500. The summed E-state index contributed by atoms with van der Waals surface area (Å²) in [6, 6.07) is 5.34. The van der Waals surface area contributed by atoms with Crippen molar-refractivity contribution in [3.63, 3.8) is 0 Å². The Morgan fingerprint density at radius 3 is 2.44 bits per heavy atom. The van der Waals surface area contributed by atoms with Crippen LogP contribution in [0.1, 0.15) is 15.9 Å². The maximum atomic E-state index is 14.9. The number of nitrogens with zero attached hydrogens (tertiary/aromatic N) is 1. The van der Waals surface area contributed by atoms with Crippen LogP contribution in [0.25, 0.3) is 11.2 Å². The molecule has 0 radical (unpaired) electrons. The number of rotatable bonds is 5. The van der Waals surface area contributed by atoms with E-state index in [-0.39, 0.29) is 5.56 Å². The van der Waals surface area contributed by atoms with E-state index in [2.05, 4.69) is 15.0 Å². The average molecular weight is 498 g/mol. The number of carbonyl (C=O) groups excluding carboxylic acids is 1. The summed E-state index contributed by atoms with van der Waals surface area (Å²) in [6.07, 6.45) is -2.05. The molecule has 0 aliphatic carbocycles. The number of pyridine rings is 1. The van der Waals surface area contributed by atoms with Crippen LogP contribution >= 0.6 is 0 Å². The predicted molar refractivity (Wildman–Crippen MR) is 109 cm³/mol. The lowest BCUT2D eigenvalue weighted by molar-refractivity contribution is -0.347. The van der Waals surface area contributed by atoms with E-state index < -0.39 is 55.6 Å². The molecular weight excluding hydrogens is 485 g/mol. The lowest BCUT2D eigenvalue weighted by Crippen LogP contribution is -2.18. The van der Waals surface area contributed by atoms with Gasteiger partial charge >= 0.3 is 6.18 Å². The molecule has 0 saturated carbocycles. The Kier molecular flexibility index (Phi) is 5.69. The summed E-state index contributed by atoms with van der Waals surface area (Å²) in [5, 5.41) is 2.03. The van der Waals surface area contributed by atoms with Gasteiger partial charge in [-0.25, -0.2) is 22.2 Å². The van der Waals surface area contributed by atoms with Crippen molar-refractivity contribution < 1.29 is 40.1 Å². The third-order valence-electron chi connectivity index (χ3n) is 4.65. The third kappa shape index (κ3) is 4.52. The number of alkyl halides is 3. The van der Waals surface area contributed by atoms with Crippen LogP contribution in [0.5, 0.6) is 0 Å². The highest BCUT2D eigenvalue weighted by atomic mass is 32.2. The number of aromatic nitrogens is 3. The van der Waals surface area contributed by atoms with Crippen molar-refractivity contribution in [2.24, 2.45) is 0 Å². The summed E-state index contributed by atoms with van der Waals surface area (Å²) in [4.78, 5) is 21.4. The van der Waals surface area contributed by atoms with Crippen LogP contribution in [-0.4, -0.2) is 24.3 Å². The van der Waals surface area contributed by atoms with E-state index in [1.54, 1.807) is 0 Å². The maximum absolute atomic E-state index is 14.9. The van der Waals surface area contributed by atoms with E-state index in [1.165, 1.54) is 12.4 Å². The van der Waals surface area contributed by atoms with Gasteiger partial charge in [0, 0.05) is 0 Å². The van der Waals surface area contributed by atoms with Crippen LogP contribution in [0.4, 0.5) is 33.3 Å². The smallest absolute Gasteiger partial charge is 0.317 e. The molecule has 0 saturated heterocycles. The molecule has 14 heteroatoms. The van der Waals surface area contributed by atoms with E-state index in [1.807, 2.05) is 10.0 Å². The molecule has 0 spiro atoms. The van der Waals surface area contributed by atoms with Crippen molar-refractivity contribution in [1.29, 1.82) is 0 Å². The van der Waals surface area contributed by atoms with Crippen LogP contribution in [0, 0.1) is 11.6 Å². The van der Waals surface area contributed by atoms with Crippen LogP contribution in [0.2, 0.25) is 0 Å². The third-order valence-corrected chi connectivity index (χ3v) is 6.03. The lowest BCUT2D eigenvalue weighted by Gasteiger charge is -2.13. The molecular formula is C20H13F5N5O3S+. The van der Waals surface area contributed by atoms with Crippen molar-refractivity contribution in [1.82, 2.24) is 9.97 Å². The number of H-pyrrole nitrogens is 2. The Morgan fingerprint density at radius 1 is 1.06 bits per heavy atom. The van der Waals surface area contributed by atoms with E-state index in [0.29, 0.717) is 41.5 Å². The second-order valence-electron chi connectivity index (χ2n) is 6.92. The first-order valence-electron chi connectivity index (χ1n) is 9.30. The van der Waals surface area contributed by atoms with Crippen molar-refractivity contribution in [3.8, 4) is 0 Å². The molecule has 2 aromatic heterocycles. The molecule has 0 bridgehead atoms. The highest BCUT2D eigenvalue weighted by Crippen LogP contribution is 2.31. The van der Waals surface area contributed by atoms with Gasteiger partial charge < -0.3 is 5.32 Å². The standard InChI is InChI=1S/C20H12F5N5O3S/c21-13-5-6-14(30-34(32,33)12-3-1-11(2-4-12)20(23,24)25)16(22)17(13)29-19(31)10-7-15-18(26-8-10)28-9-27-15/h1-9,30H,(H,29,31)(H,26,27,28)/p+1. The van der Waals surface area contributed by atoms with Gasteiger partial charge in [-0.1, -0.05) is 0 Å². The quantitative estimate of drug-likeness (QED) is 0.364. The van der Waals surface area contributed by atoms with Crippen molar-refractivity contribution in [2.45, 2.75) is 11.1 Å². The van der Waals surface area contributed by atoms with Crippen molar-refractivity contribution >= 4 is 38.5 Å². The van der Waals surface area contributed by atoms with Gasteiger partial charge in [0.15, 0.2) is 17.7 Å². The van der Waals surface area contributed by atoms with Crippen molar-refractivity contribution in [3.05, 3.63) is 77.8 Å². The molecule has 1 amide bonds. The van der Waals surface area contributed by atoms with E-state index in [9.17, 15) is 35.2 Å². The monoisotopic (exact) mass is 498 g/mol. The van der Waals surface area contributed by atoms with Gasteiger partial charge in [-0.05, 0) is 42.5 Å². The molecule has 2 aromatic carbocycles. The molecule has 0 fully saturated rings. The Hall–Kier alpha value is -4.07. The number of hydrogen-bond donors (Lipinski definition) is 3. The Morgan fingerprint density at radius 2 is 1.76 bits per heavy atom. The molecule has 0 atom stereocenters. The topological polar surface area (TPSA) is 118 Å². The molecule has 0 aliphatic rings. The van der Waals surface area contributed by atoms with Gasteiger partial charge in [-0.2, -0.15) is 13.2 Å². The number of nitrogens with one attached hydrogen (secondary N) is 4. The van der Waals surface area contributed by atoms with Gasteiger partial charge in [-0.15, -0.1) is 4.98 Å². The zero-order chi connectivity index (χ0) is 24.7. The highest BCUT2D eigenvalue weighted by molar-refractivity contribution is 7.92. The number of imidazole rings is 1. The largest absolute Gasteiger partial charge is 0.416 e. The van der Waals surface area contributed by atoms with Crippen LogP contribution < -0.4 is 15.0 Å². The zero-order valence-electron chi connectivity index (χ0n) is 16.7. The first-order valence-corrected chi connectivity index (χ1v) is 10.8. The average Bonchev–Trinajstić information content (AvgIpc) is 3.26. The van der Waals surface area contributed by atoms with E-state index in [0.717, 1.165) is 12.3 Å². The SMILES string of the molecule is O=C(Nc1c(F)ccc(NS(=O)(=O)c2ccc(C(F)(F)F)cc2)c1F)c1cnc2[nH+]c[nH]c2c1. The Balaban J connectivity index is 1.60. The predicted octanol–water partition coefficient (Wildman–Crippen LogP) is 3.73. The van der Waals surface area contributed by atoms with E-state index in [4.69, 9.17) is 0 Å². The normalized spacial score (nSPS) is 12.0. The Labute approximate surface area is 187 Å².